The molecule has 0 aliphatic carbocycles. The van der Waals surface area contributed by atoms with Gasteiger partial charge in [0.05, 0.1) is 17.3 Å². The number of hydrogen-bond donors (Lipinski definition) is 1. The Morgan fingerprint density at radius 2 is 1.87 bits per heavy atom. The summed E-state index contributed by atoms with van der Waals surface area (Å²) in [5.74, 6) is -1.12. The number of carbonyl (C=O) groups excluding carboxylic acids is 2. The molecule has 0 spiro atoms. The van der Waals surface area contributed by atoms with Gasteiger partial charge < -0.3 is 10.1 Å². The Kier molecular flexibility index (Phi) is 7.67. The van der Waals surface area contributed by atoms with Crippen molar-refractivity contribution in [3.8, 4) is 0 Å². The fourth-order valence-corrected chi connectivity index (χ4v) is 4.08. The van der Waals surface area contributed by atoms with Gasteiger partial charge in [0.15, 0.2) is 0 Å². The van der Waals surface area contributed by atoms with Crippen LogP contribution in [0.4, 0.5) is 5.69 Å². The standard InChI is InChI=1S/C23H24BrClN2O3/c1-3-7-14(8-4-2)23(29)30-22-21(28)26-19-12-11-15(24)13-17(19)20(27-22)16-9-5-6-10-18(16)25/h5-6,9-14,22H,3-4,7-8H2,1-2H3,(H,26,28)/t22-/m1/s1. The number of fused-ring (bicyclic) bond motifs is 1. The summed E-state index contributed by atoms with van der Waals surface area (Å²) in [7, 11) is 0. The summed E-state index contributed by atoms with van der Waals surface area (Å²) in [4.78, 5) is 30.2. The number of carbonyl (C=O) groups is 2. The summed E-state index contributed by atoms with van der Waals surface area (Å²) in [6, 6.07) is 12.7. The summed E-state index contributed by atoms with van der Waals surface area (Å²) in [6.07, 6.45) is 1.88. The van der Waals surface area contributed by atoms with Crippen LogP contribution >= 0.6 is 27.5 Å². The number of ether oxygens (including phenoxy) is 1. The van der Waals surface area contributed by atoms with Crippen molar-refractivity contribution in [2.45, 2.75) is 45.8 Å². The number of benzene rings is 2. The van der Waals surface area contributed by atoms with Gasteiger partial charge in [-0.25, -0.2) is 4.99 Å². The van der Waals surface area contributed by atoms with Crippen molar-refractivity contribution in [2.24, 2.45) is 10.9 Å². The molecule has 0 saturated carbocycles. The van der Waals surface area contributed by atoms with E-state index in [1.165, 1.54) is 0 Å². The fraction of sp³-hybridized carbons (Fsp3) is 0.348. The minimum absolute atomic E-state index is 0.244. The number of amides is 1. The molecule has 0 fully saturated rings. The van der Waals surface area contributed by atoms with Crippen molar-refractivity contribution in [3.63, 3.8) is 0 Å². The van der Waals surface area contributed by atoms with Gasteiger partial charge in [-0.2, -0.15) is 0 Å². The third-order valence-corrected chi connectivity index (χ3v) is 5.75. The molecular formula is C23H24BrClN2O3. The monoisotopic (exact) mass is 490 g/mol. The number of esters is 1. The van der Waals surface area contributed by atoms with Crippen molar-refractivity contribution in [3.05, 3.63) is 63.1 Å². The lowest BCUT2D eigenvalue weighted by atomic mass is 9.99. The van der Waals surface area contributed by atoms with Crippen molar-refractivity contribution < 1.29 is 14.3 Å². The second kappa shape index (κ2) is 10.2. The van der Waals surface area contributed by atoms with E-state index in [1.807, 2.05) is 44.2 Å². The second-order valence-corrected chi connectivity index (χ2v) is 8.52. The van der Waals surface area contributed by atoms with Crippen molar-refractivity contribution in [2.75, 3.05) is 5.32 Å². The Morgan fingerprint density at radius 1 is 1.17 bits per heavy atom. The van der Waals surface area contributed by atoms with Crippen LogP contribution in [-0.4, -0.2) is 23.8 Å². The molecule has 0 unspecified atom stereocenters. The molecule has 158 valence electrons. The number of nitrogens with one attached hydrogen (secondary N) is 1. The van der Waals surface area contributed by atoms with E-state index in [4.69, 9.17) is 16.3 Å². The highest BCUT2D eigenvalue weighted by molar-refractivity contribution is 9.10. The maximum Gasteiger partial charge on any atom is 0.311 e. The Bertz CT molecular complexity index is 971. The molecule has 1 heterocycles. The Labute approximate surface area is 190 Å². The molecule has 2 aromatic rings. The lowest BCUT2D eigenvalue weighted by Crippen LogP contribution is -2.33. The maximum absolute atomic E-state index is 12.9. The molecule has 1 aliphatic heterocycles. The number of anilines is 1. The van der Waals surface area contributed by atoms with Crippen LogP contribution in [0.3, 0.4) is 0 Å². The van der Waals surface area contributed by atoms with Crippen molar-refractivity contribution >= 4 is 50.8 Å². The molecule has 0 aromatic heterocycles. The zero-order valence-electron chi connectivity index (χ0n) is 17.0. The van der Waals surface area contributed by atoms with Gasteiger partial charge in [0.1, 0.15) is 0 Å². The Balaban J connectivity index is 2.04. The van der Waals surface area contributed by atoms with E-state index in [9.17, 15) is 9.59 Å². The molecule has 2 aromatic carbocycles. The van der Waals surface area contributed by atoms with E-state index in [2.05, 4.69) is 26.2 Å². The smallest absolute Gasteiger partial charge is 0.311 e. The van der Waals surface area contributed by atoms with Crippen LogP contribution in [-0.2, 0) is 14.3 Å². The summed E-state index contributed by atoms with van der Waals surface area (Å²) < 4.78 is 6.44. The van der Waals surface area contributed by atoms with Gasteiger partial charge in [-0.05, 0) is 37.1 Å². The predicted octanol–water partition coefficient (Wildman–Crippen LogP) is 5.98. The van der Waals surface area contributed by atoms with Crippen LogP contribution < -0.4 is 5.32 Å². The molecule has 1 N–H and O–H groups in total. The van der Waals surface area contributed by atoms with Gasteiger partial charge in [0, 0.05) is 20.6 Å². The van der Waals surface area contributed by atoms with Crippen molar-refractivity contribution in [1.82, 2.24) is 0 Å². The predicted molar refractivity (Wildman–Crippen MR) is 123 cm³/mol. The van der Waals surface area contributed by atoms with Crippen LogP contribution in [0.1, 0.15) is 50.7 Å². The molecule has 1 atom stereocenters. The molecule has 30 heavy (non-hydrogen) atoms. The minimum atomic E-state index is -1.29. The SMILES string of the molecule is CCCC(CCC)C(=O)O[C@H]1N=C(c2ccccc2Cl)c2cc(Br)ccc2NC1=O. The van der Waals surface area contributed by atoms with E-state index >= 15 is 0 Å². The van der Waals surface area contributed by atoms with Crippen LogP contribution in [0.5, 0.6) is 0 Å². The quantitative estimate of drug-likeness (QED) is 0.485. The summed E-state index contributed by atoms with van der Waals surface area (Å²) in [5.41, 5.74) is 2.44. The molecule has 5 nitrogen and oxygen atoms in total. The molecule has 0 radical (unpaired) electrons. The van der Waals surface area contributed by atoms with Gasteiger partial charge in [-0.3, -0.25) is 9.59 Å². The minimum Gasteiger partial charge on any atom is -0.430 e. The Morgan fingerprint density at radius 3 is 2.53 bits per heavy atom. The second-order valence-electron chi connectivity index (χ2n) is 7.20. The van der Waals surface area contributed by atoms with E-state index < -0.39 is 18.1 Å². The van der Waals surface area contributed by atoms with E-state index in [0.717, 1.165) is 30.2 Å². The third kappa shape index (κ3) is 5.10. The number of halogens is 2. The Hall–Kier alpha value is -2.18. The molecular weight excluding hydrogens is 468 g/mol. The molecule has 0 saturated heterocycles. The van der Waals surface area contributed by atoms with Gasteiger partial charge in [-0.1, -0.05) is 72.4 Å². The van der Waals surface area contributed by atoms with Gasteiger partial charge in [0.2, 0.25) is 0 Å². The lowest BCUT2D eigenvalue weighted by molar-refractivity contribution is -0.158. The first-order valence-corrected chi connectivity index (χ1v) is 11.3. The van der Waals surface area contributed by atoms with Gasteiger partial charge in [-0.15, -0.1) is 0 Å². The molecule has 7 heteroatoms. The summed E-state index contributed by atoms with van der Waals surface area (Å²) in [5, 5.41) is 3.33. The average molecular weight is 492 g/mol. The summed E-state index contributed by atoms with van der Waals surface area (Å²) >= 11 is 9.91. The number of nitrogens with zero attached hydrogens (tertiary/aromatic N) is 1. The highest BCUT2D eigenvalue weighted by atomic mass is 79.9. The van der Waals surface area contributed by atoms with E-state index in [-0.39, 0.29) is 5.92 Å². The molecule has 1 amide bonds. The van der Waals surface area contributed by atoms with Crippen molar-refractivity contribution in [1.29, 1.82) is 0 Å². The molecule has 3 rings (SSSR count). The summed E-state index contributed by atoms with van der Waals surface area (Å²) in [6.45, 7) is 4.05. The number of hydrogen-bond acceptors (Lipinski definition) is 4. The zero-order valence-corrected chi connectivity index (χ0v) is 19.3. The van der Waals surface area contributed by atoms with Crippen LogP contribution in [0.15, 0.2) is 51.9 Å². The normalized spacial score (nSPS) is 15.8. The molecule has 1 aliphatic rings. The number of benzodiazepines with no additional fused rings is 1. The van der Waals surface area contributed by atoms with Crippen LogP contribution in [0.25, 0.3) is 0 Å². The first kappa shape index (κ1) is 22.5. The largest absolute Gasteiger partial charge is 0.430 e. The van der Waals surface area contributed by atoms with E-state index in [0.29, 0.717) is 27.5 Å². The van der Waals surface area contributed by atoms with Crippen LogP contribution in [0.2, 0.25) is 5.02 Å². The first-order valence-electron chi connectivity index (χ1n) is 10.1. The fourth-order valence-electron chi connectivity index (χ4n) is 3.49. The highest BCUT2D eigenvalue weighted by Gasteiger charge is 2.31. The van der Waals surface area contributed by atoms with Gasteiger partial charge >= 0.3 is 5.97 Å². The maximum atomic E-state index is 12.9. The van der Waals surface area contributed by atoms with Gasteiger partial charge in [0.25, 0.3) is 12.1 Å². The van der Waals surface area contributed by atoms with Crippen LogP contribution in [0, 0.1) is 5.92 Å². The number of aliphatic imine (C=N–C) groups is 1. The topological polar surface area (TPSA) is 67.8 Å². The molecule has 0 bridgehead atoms. The lowest BCUT2D eigenvalue weighted by Gasteiger charge is -2.18. The van der Waals surface area contributed by atoms with E-state index in [1.54, 1.807) is 12.1 Å². The number of rotatable bonds is 7. The third-order valence-electron chi connectivity index (χ3n) is 4.93. The zero-order chi connectivity index (χ0) is 21.7. The average Bonchev–Trinajstić information content (AvgIpc) is 2.85. The highest BCUT2D eigenvalue weighted by Crippen LogP contribution is 2.30. The first-order chi connectivity index (χ1) is 14.4.